The predicted octanol–water partition coefficient (Wildman–Crippen LogP) is 2.73. The van der Waals surface area contributed by atoms with Crippen LogP contribution in [0.2, 0.25) is 0 Å². The van der Waals surface area contributed by atoms with Gasteiger partial charge in [-0.3, -0.25) is 0 Å². The molecule has 112 valence electrons. The Balaban J connectivity index is 1.97. The van der Waals surface area contributed by atoms with Crippen LogP contribution in [0.5, 0.6) is 5.75 Å². The lowest BCUT2D eigenvalue weighted by atomic mass is 9.85. The molecule has 1 aliphatic heterocycles. The summed E-state index contributed by atoms with van der Waals surface area (Å²) in [6.45, 7) is 7.69. The highest BCUT2D eigenvalue weighted by atomic mass is 79.9. The fourth-order valence-electron chi connectivity index (χ4n) is 2.38. The van der Waals surface area contributed by atoms with Crippen molar-refractivity contribution in [3.63, 3.8) is 0 Å². The summed E-state index contributed by atoms with van der Waals surface area (Å²) in [7, 11) is -3.07. The first kappa shape index (κ1) is 15.8. The fraction of sp³-hybridized carbons (Fsp3) is 0.571. The quantitative estimate of drug-likeness (QED) is 0.828. The minimum Gasteiger partial charge on any atom is -0.493 e. The molecular weight excluding hydrogens is 342 g/mol. The molecule has 1 aliphatic rings. The molecule has 2 rings (SSSR count). The van der Waals surface area contributed by atoms with Gasteiger partial charge in [0.05, 0.1) is 12.9 Å². The molecule has 1 saturated heterocycles. The summed E-state index contributed by atoms with van der Waals surface area (Å²) in [5.41, 5.74) is 2.17. The van der Waals surface area contributed by atoms with E-state index in [9.17, 15) is 8.42 Å². The van der Waals surface area contributed by atoms with E-state index in [2.05, 4.69) is 15.9 Å². The molecule has 0 bridgehead atoms. The number of aryl methyl sites for hydroxylation is 2. The molecule has 20 heavy (non-hydrogen) atoms. The van der Waals surface area contributed by atoms with Crippen molar-refractivity contribution < 1.29 is 13.2 Å². The third-order valence-corrected chi connectivity index (χ3v) is 6.03. The number of hydrogen-bond acceptors (Lipinski definition) is 3. The smallest absolute Gasteiger partial charge is 0.211 e. The minimum atomic E-state index is -3.07. The summed E-state index contributed by atoms with van der Waals surface area (Å²) in [4.78, 5) is 0. The van der Waals surface area contributed by atoms with Gasteiger partial charge in [-0.2, -0.15) is 0 Å². The summed E-state index contributed by atoms with van der Waals surface area (Å²) >= 11 is 3.53. The lowest BCUT2D eigenvalue weighted by Gasteiger charge is -2.45. The molecule has 0 radical (unpaired) electrons. The largest absolute Gasteiger partial charge is 0.493 e. The second-order valence-corrected chi connectivity index (χ2v) is 8.78. The SMILES string of the molecule is Cc1cc(OCC2(C)CN(S(C)(=O)=O)C2)cc(C)c1Br. The molecule has 1 aromatic carbocycles. The predicted molar refractivity (Wildman–Crippen MR) is 83.6 cm³/mol. The number of ether oxygens (including phenoxy) is 1. The Bertz CT molecular complexity index is 598. The van der Waals surface area contributed by atoms with E-state index in [0.717, 1.165) is 21.3 Å². The van der Waals surface area contributed by atoms with Crippen LogP contribution < -0.4 is 4.74 Å². The zero-order chi connectivity index (χ0) is 15.1. The molecular formula is C14H20BrNO3S. The van der Waals surface area contributed by atoms with Crippen molar-refractivity contribution in [3.8, 4) is 5.75 Å². The molecule has 6 heteroatoms. The van der Waals surface area contributed by atoms with Gasteiger partial charge in [-0.1, -0.05) is 22.9 Å². The van der Waals surface area contributed by atoms with Crippen LogP contribution in [0.1, 0.15) is 18.1 Å². The van der Waals surface area contributed by atoms with Gasteiger partial charge in [-0.25, -0.2) is 12.7 Å². The second kappa shape index (κ2) is 5.31. The molecule has 0 atom stereocenters. The standard InChI is InChI=1S/C14H20BrNO3S/c1-10-5-12(6-11(2)13(10)15)19-9-14(3)7-16(8-14)20(4,17)18/h5-6H,7-9H2,1-4H3. The third kappa shape index (κ3) is 3.35. The Hall–Kier alpha value is -0.590. The van der Waals surface area contributed by atoms with Gasteiger partial charge in [0.15, 0.2) is 0 Å². The van der Waals surface area contributed by atoms with E-state index >= 15 is 0 Å². The van der Waals surface area contributed by atoms with E-state index in [4.69, 9.17) is 4.74 Å². The van der Waals surface area contributed by atoms with Gasteiger partial charge in [0.1, 0.15) is 5.75 Å². The summed E-state index contributed by atoms with van der Waals surface area (Å²) in [5.74, 6) is 0.835. The average Bonchev–Trinajstić information content (AvgIpc) is 2.28. The van der Waals surface area contributed by atoms with Crippen LogP contribution in [0, 0.1) is 19.3 Å². The van der Waals surface area contributed by atoms with Crippen LogP contribution in [0.3, 0.4) is 0 Å². The average molecular weight is 362 g/mol. The van der Waals surface area contributed by atoms with Crippen molar-refractivity contribution in [3.05, 3.63) is 27.7 Å². The van der Waals surface area contributed by atoms with Crippen molar-refractivity contribution in [1.29, 1.82) is 0 Å². The third-order valence-electron chi connectivity index (χ3n) is 3.58. The summed E-state index contributed by atoms with van der Waals surface area (Å²) in [6.07, 6.45) is 1.24. The first-order valence-corrected chi connectivity index (χ1v) is 9.10. The summed E-state index contributed by atoms with van der Waals surface area (Å²) in [5, 5.41) is 0. The van der Waals surface area contributed by atoms with E-state index in [-0.39, 0.29) is 5.41 Å². The van der Waals surface area contributed by atoms with Gasteiger partial charge in [0.25, 0.3) is 0 Å². The van der Waals surface area contributed by atoms with Crippen LogP contribution in [-0.2, 0) is 10.0 Å². The first-order chi connectivity index (χ1) is 9.11. The summed E-state index contributed by atoms with van der Waals surface area (Å²) < 4.78 is 31.2. The second-order valence-electron chi connectivity index (χ2n) is 6.00. The molecule has 0 unspecified atom stereocenters. The van der Waals surface area contributed by atoms with Gasteiger partial charge in [-0.15, -0.1) is 0 Å². The van der Waals surface area contributed by atoms with Crippen molar-refractivity contribution in [1.82, 2.24) is 4.31 Å². The monoisotopic (exact) mass is 361 g/mol. The van der Waals surface area contributed by atoms with E-state index in [1.807, 2.05) is 32.9 Å². The number of benzene rings is 1. The number of nitrogens with zero attached hydrogens (tertiary/aromatic N) is 1. The zero-order valence-electron chi connectivity index (χ0n) is 12.2. The van der Waals surface area contributed by atoms with Gasteiger partial charge in [0, 0.05) is 23.0 Å². The fourth-order valence-corrected chi connectivity index (χ4v) is 3.70. The highest BCUT2D eigenvalue weighted by molar-refractivity contribution is 9.10. The minimum absolute atomic E-state index is 0.0992. The van der Waals surface area contributed by atoms with Gasteiger partial charge >= 0.3 is 0 Å². The van der Waals surface area contributed by atoms with Crippen molar-refractivity contribution in [2.75, 3.05) is 26.0 Å². The molecule has 1 heterocycles. The molecule has 4 nitrogen and oxygen atoms in total. The highest BCUT2D eigenvalue weighted by Crippen LogP contribution is 2.33. The lowest BCUT2D eigenvalue weighted by molar-refractivity contribution is 0.0365. The maximum atomic E-state index is 11.4. The molecule has 0 amide bonds. The number of hydrogen-bond donors (Lipinski definition) is 0. The zero-order valence-corrected chi connectivity index (χ0v) is 14.6. The van der Waals surface area contributed by atoms with Crippen molar-refractivity contribution in [2.24, 2.45) is 5.41 Å². The highest BCUT2D eigenvalue weighted by Gasteiger charge is 2.43. The first-order valence-electron chi connectivity index (χ1n) is 6.45. The van der Waals surface area contributed by atoms with Crippen LogP contribution in [0.15, 0.2) is 16.6 Å². The van der Waals surface area contributed by atoms with E-state index in [1.54, 1.807) is 0 Å². The van der Waals surface area contributed by atoms with Crippen LogP contribution in [-0.4, -0.2) is 38.7 Å². The Kier molecular flexibility index (Phi) is 4.19. The van der Waals surface area contributed by atoms with Crippen molar-refractivity contribution in [2.45, 2.75) is 20.8 Å². The normalized spacial score (nSPS) is 18.6. The van der Waals surface area contributed by atoms with Crippen LogP contribution in [0.25, 0.3) is 0 Å². The maximum absolute atomic E-state index is 11.4. The molecule has 0 aliphatic carbocycles. The van der Waals surface area contributed by atoms with Gasteiger partial charge in [0.2, 0.25) is 10.0 Å². The van der Waals surface area contributed by atoms with E-state index < -0.39 is 10.0 Å². The van der Waals surface area contributed by atoms with Crippen LogP contribution in [0.4, 0.5) is 0 Å². The Morgan fingerprint density at radius 3 is 2.25 bits per heavy atom. The molecule has 0 aromatic heterocycles. The molecule has 0 saturated carbocycles. The number of sulfonamides is 1. The molecule has 1 fully saturated rings. The lowest BCUT2D eigenvalue weighted by Crippen LogP contribution is -2.58. The molecule has 0 N–H and O–H groups in total. The Labute approximate surface area is 129 Å². The van der Waals surface area contributed by atoms with E-state index in [1.165, 1.54) is 10.6 Å². The Morgan fingerprint density at radius 1 is 1.30 bits per heavy atom. The molecule has 1 aromatic rings. The van der Waals surface area contributed by atoms with Gasteiger partial charge in [-0.05, 0) is 37.1 Å². The summed E-state index contributed by atoms with van der Waals surface area (Å²) in [6, 6.07) is 3.99. The molecule has 0 spiro atoms. The Morgan fingerprint density at radius 2 is 1.80 bits per heavy atom. The number of rotatable bonds is 4. The maximum Gasteiger partial charge on any atom is 0.211 e. The van der Waals surface area contributed by atoms with Crippen molar-refractivity contribution >= 4 is 26.0 Å². The van der Waals surface area contributed by atoms with Gasteiger partial charge < -0.3 is 4.74 Å². The number of halogens is 1. The van der Waals surface area contributed by atoms with E-state index in [0.29, 0.717) is 19.7 Å². The topological polar surface area (TPSA) is 46.6 Å². The van der Waals surface area contributed by atoms with Crippen LogP contribution >= 0.6 is 15.9 Å².